The molecule has 6 aromatic carbocycles. The van der Waals surface area contributed by atoms with E-state index in [0.717, 1.165) is 16.6 Å². The molecule has 0 N–H and O–H groups in total. The van der Waals surface area contributed by atoms with E-state index in [-0.39, 0.29) is 19.5 Å². The van der Waals surface area contributed by atoms with Crippen molar-refractivity contribution in [3.8, 4) is 0 Å². The fourth-order valence-corrected chi connectivity index (χ4v) is 5.28. The van der Waals surface area contributed by atoms with Crippen LogP contribution >= 0.6 is 0 Å². The Bertz CT molecular complexity index is 1900. The zero-order chi connectivity index (χ0) is 28.1. The van der Waals surface area contributed by atoms with Crippen molar-refractivity contribution in [1.82, 2.24) is 15.0 Å². The first-order valence-electron chi connectivity index (χ1n) is 13.8. The summed E-state index contributed by atoms with van der Waals surface area (Å²) < 4.78 is 0. The standard InChI is InChI=1S/3C13H8N.Ru/c3*1-2-6-12-10(4-1)7-8-11-5-3-9-14-13(11)12;/h3*1-8H;/q3*-1;+3. The molecule has 3 heterocycles. The van der Waals surface area contributed by atoms with E-state index in [1.165, 1.54) is 48.5 Å². The van der Waals surface area contributed by atoms with E-state index >= 15 is 0 Å². The molecule has 0 saturated carbocycles. The van der Waals surface area contributed by atoms with Gasteiger partial charge in [-0.1, -0.05) is 128 Å². The maximum atomic E-state index is 4.28. The van der Waals surface area contributed by atoms with Gasteiger partial charge in [0.15, 0.2) is 0 Å². The molecule has 0 amide bonds. The van der Waals surface area contributed by atoms with Gasteiger partial charge in [0.25, 0.3) is 0 Å². The SMILES string of the molecule is [Ru+3].[c-]1ccc2ccc3ccccc3c2n1.[c-]1ccc2ccc3ccccc3c2n1.[c-]1ccc2ccc3ccccc3c2n1. The minimum absolute atomic E-state index is 0. The molecule has 3 nitrogen and oxygen atoms in total. The van der Waals surface area contributed by atoms with Crippen LogP contribution in [0.2, 0.25) is 0 Å². The van der Waals surface area contributed by atoms with Gasteiger partial charge in [-0.15, -0.1) is 16.2 Å². The zero-order valence-electron chi connectivity index (χ0n) is 23.1. The second-order valence-electron chi connectivity index (χ2n) is 9.90. The average Bonchev–Trinajstić information content (AvgIpc) is 3.09. The van der Waals surface area contributed by atoms with Crippen LogP contribution in [0.1, 0.15) is 0 Å². The zero-order valence-corrected chi connectivity index (χ0v) is 24.8. The molecule has 0 aliphatic carbocycles. The molecule has 0 fully saturated rings. The minimum atomic E-state index is 0. The Balaban J connectivity index is 0.000000113. The van der Waals surface area contributed by atoms with E-state index in [2.05, 4.69) is 106 Å². The number of hydrogen-bond donors (Lipinski definition) is 0. The quantitative estimate of drug-likeness (QED) is 0.0947. The van der Waals surface area contributed by atoms with E-state index < -0.39 is 0 Å². The summed E-state index contributed by atoms with van der Waals surface area (Å²) in [7, 11) is 0. The van der Waals surface area contributed by atoms with E-state index in [9.17, 15) is 0 Å². The van der Waals surface area contributed by atoms with Crippen LogP contribution in [0.25, 0.3) is 65.0 Å². The van der Waals surface area contributed by atoms with Crippen LogP contribution in [-0.4, -0.2) is 15.0 Å². The van der Waals surface area contributed by atoms with Gasteiger partial charge in [0.05, 0.1) is 0 Å². The van der Waals surface area contributed by atoms with Gasteiger partial charge >= 0.3 is 19.5 Å². The summed E-state index contributed by atoms with van der Waals surface area (Å²) in [6.45, 7) is 0. The summed E-state index contributed by atoms with van der Waals surface area (Å²) in [5, 5.41) is 10.8. The molecule has 0 saturated heterocycles. The Morgan fingerprint density at radius 2 is 0.581 bits per heavy atom. The normalized spacial score (nSPS) is 10.6. The van der Waals surface area contributed by atoms with Gasteiger partial charge in [-0.25, -0.2) is 0 Å². The molecule has 203 valence electrons. The molecule has 0 bridgehead atoms. The van der Waals surface area contributed by atoms with Gasteiger partial charge < -0.3 is 15.0 Å². The minimum Gasteiger partial charge on any atom is -0.386 e. The van der Waals surface area contributed by atoms with Crippen molar-refractivity contribution in [3.05, 3.63) is 164 Å². The summed E-state index contributed by atoms with van der Waals surface area (Å²) in [6, 6.07) is 49.1. The smallest absolute Gasteiger partial charge is 0.386 e. The Morgan fingerprint density at radius 3 is 0.907 bits per heavy atom. The average molecular weight is 636 g/mol. The van der Waals surface area contributed by atoms with Crippen LogP contribution in [-0.2, 0) is 19.5 Å². The van der Waals surface area contributed by atoms with Crippen molar-refractivity contribution in [2.24, 2.45) is 0 Å². The van der Waals surface area contributed by atoms with Crippen molar-refractivity contribution < 1.29 is 19.5 Å². The topological polar surface area (TPSA) is 38.7 Å². The van der Waals surface area contributed by atoms with E-state index in [0.29, 0.717) is 0 Å². The fraction of sp³-hybridized carbons (Fsp3) is 0. The molecule has 0 spiro atoms. The molecule has 9 rings (SSSR count). The third kappa shape index (κ3) is 5.84. The number of hydrogen-bond acceptors (Lipinski definition) is 3. The maximum Gasteiger partial charge on any atom is 3.00 e. The Kier molecular flexibility index (Phi) is 8.40. The van der Waals surface area contributed by atoms with Gasteiger partial charge in [-0.05, 0) is 48.9 Å². The Morgan fingerprint density at radius 1 is 0.302 bits per heavy atom. The van der Waals surface area contributed by atoms with Crippen LogP contribution in [0, 0.1) is 18.6 Å². The molecule has 4 heteroatoms. The third-order valence-corrected chi connectivity index (χ3v) is 7.34. The van der Waals surface area contributed by atoms with Crippen LogP contribution < -0.4 is 0 Å². The molecule has 0 aliphatic heterocycles. The fourth-order valence-electron chi connectivity index (χ4n) is 5.28. The summed E-state index contributed by atoms with van der Waals surface area (Å²) in [4.78, 5) is 12.9. The number of rotatable bonds is 0. The summed E-state index contributed by atoms with van der Waals surface area (Å²) >= 11 is 0. The van der Waals surface area contributed by atoms with Crippen LogP contribution in [0.5, 0.6) is 0 Å². The summed E-state index contributed by atoms with van der Waals surface area (Å²) in [5.74, 6) is 0. The number of pyridine rings is 3. The van der Waals surface area contributed by atoms with Gasteiger partial charge in [-0.3, -0.25) is 0 Å². The van der Waals surface area contributed by atoms with Crippen LogP contribution in [0.3, 0.4) is 0 Å². The Hall–Kier alpha value is -5.05. The van der Waals surface area contributed by atoms with Crippen LogP contribution in [0.15, 0.2) is 146 Å². The molecule has 0 atom stereocenters. The van der Waals surface area contributed by atoms with Crippen molar-refractivity contribution in [2.45, 2.75) is 0 Å². The van der Waals surface area contributed by atoms with E-state index in [4.69, 9.17) is 0 Å². The monoisotopic (exact) mass is 636 g/mol. The molecular formula is C39H24N3Ru. The first kappa shape index (κ1) is 28.1. The molecule has 1 radical (unpaired) electrons. The third-order valence-electron chi connectivity index (χ3n) is 7.34. The van der Waals surface area contributed by atoms with Crippen molar-refractivity contribution in [2.75, 3.05) is 0 Å². The van der Waals surface area contributed by atoms with Crippen molar-refractivity contribution in [1.29, 1.82) is 0 Å². The van der Waals surface area contributed by atoms with E-state index in [1.54, 1.807) is 0 Å². The van der Waals surface area contributed by atoms with Crippen molar-refractivity contribution in [3.63, 3.8) is 0 Å². The largest absolute Gasteiger partial charge is 3.00 e. The van der Waals surface area contributed by atoms with E-state index in [1.807, 2.05) is 72.8 Å². The predicted octanol–water partition coefficient (Wildman–Crippen LogP) is 9.56. The number of fused-ring (bicyclic) bond motifs is 9. The van der Waals surface area contributed by atoms with Crippen LogP contribution in [0.4, 0.5) is 0 Å². The second kappa shape index (κ2) is 12.9. The maximum absolute atomic E-state index is 4.28. The van der Waals surface area contributed by atoms with Gasteiger partial charge in [0.2, 0.25) is 0 Å². The molecule has 9 aromatic rings. The second-order valence-corrected chi connectivity index (χ2v) is 9.90. The van der Waals surface area contributed by atoms with Gasteiger partial charge in [0.1, 0.15) is 0 Å². The molecule has 43 heavy (non-hydrogen) atoms. The summed E-state index contributed by atoms with van der Waals surface area (Å²) in [6.07, 6.45) is 8.63. The number of nitrogens with zero attached hydrogens (tertiary/aromatic N) is 3. The molecular weight excluding hydrogens is 612 g/mol. The summed E-state index contributed by atoms with van der Waals surface area (Å²) in [5.41, 5.74) is 3.10. The molecule has 0 unspecified atom stereocenters. The van der Waals surface area contributed by atoms with Gasteiger partial charge in [0, 0.05) is 0 Å². The first-order valence-corrected chi connectivity index (χ1v) is 13.8. The van der Waals surface area contributed by atoms with Gasteiger partial charge in [-0.2, -0.15) is 36.4 Å². The first-order chi connectivity index (χ1) is 20.8. The number of benzene rings is 6. The predicted molar refractivity (Wildman–Crippen MR) is 174 cm³/mol. The van der Waals surface area contributed by atoms with Crippen molar-refractivity contribution >= 4 is 65.0 Å². The molecule has 3 aromatic heterocycles. The number of aromatic nitrogens is 3. The Labute approximate surface area is 262 Å². The molecule has 0 aliphatic rings.